The quantitative estimate of drug-likeness (QED) is 0.111. The van der Waals surface area contributed by atoms with Gasteiger partial charge in [0.15, 0.2) is 11.6 Å². The summed E-state index contributed by atoms with van der Waals surface area (Å²) in [6, 6.07) is 36.1. The van der Waals surface area contributed by atoms with Crippen molar-refractivity contribution in [2.24, 2.45) is 5.73 Å². The number of carbonyl (C=O) groups is 1. The first-order valence-electron chi connectivity index (χ1n) is 25.3. The number of fused-ring (bicyclic) bond motifs is 1. The first-order chi connectivity index (χ1) is 36.0. The molecule has 0 radical (unpaired) electrons. The van der Waals surface area contributed by atoms with Crippen LogP contribution < -0.4 is 31.1 Å². The topological polar surface area (TPSA) is 160 Å². The van der Waals surface area contributed by atoms with Gasteiger partial charge < -0.3 is 48.4 Å². The van der Waals surface area contributed by atoms with Crippen LogP contribution in [0.5, 0.6) is 17.2 Å². The molecule has 2 N–H and O–H groups in total. The molecule has 6 heterocycles. The van der Waals surface area contributed by atoms with E-state index < -0.39 is 17.5 Å². The van der Waals surface area contributed by atoms with Gasteiger partial charge in [0.1, 0.15) is 17.2 Å². The van der Waals surface area contributed by atoms with E-state index in [9.17, 15) is 14.4 Å². The normalized spacial score (nSPS) is 18.1. The number of methoxy groups -OCH3 is 3. The number of ether oxygens (including phenoxy) is 7. The fourth-order valence-corrected chi connectivity index (χ4v) is 10.3. The Kier molecular flexibility index (Phi) is 17.8. The molecule has 1 amide bonds. The number of primary amides is 1. The van der Waals surface area contributed by atoms with Crippen LogP contribution in [0.25, 0.3) is 22.3 Å². The lowest BCUT2D eigenvalue weighted by atomic mass is 10.0. The summed E-state index contributed by atoms with van der Waals surface area (Å²) in [5, 5.41) is 1.13. The molecule has 2 unspecified atom stereocenters. The molecule has 396 valence electrons. The van der Waals surface area contributed by atoms with Crippen molar-refractivity contribution in [1.82, 2.24) is 18.6 Å². The van der Waals surface area contributed by atoms with E-state index in [1.165, 1.54) is 0 Å². The summed E-state index contributed by atoms with van der Waals surface area (Å²) >= 11 is 3.47. The predicted octanol–water partition coefficient (Wildman–Crippen LogP) is 9.47. The van der Waals surface area contributed by atoms with Gasteiger partial charge in [-0.3, -0.25) is 23.5 Å². The lowest BCUT2D eigenvalue weighted by Gasteiger charge is -2.33. The van der Waals surface area contributed by atoms with Crippen molar-refractivity contribution in [3.05, 3.63) is 181 Å². The second-order valence-electron chi connectivity index (χ2n) is 19.8. The van der Waals surface area contributed by atoms with E-state index in [-0.39, 0.29) is 23.3 Å². The minimum absolute atomic E-state index is 0.0263. The van der Waals surface area contributed by atoms with Gasteiger partial charge >= 0.3 is 0 Å². The lowest BCUT2D eigenvalue weighted by Crippen LogP contribution is -2.35. The van der Waals surface area contributed by atoms with Crippen LogP contribution in [0.1, 0.15) is 73.6 Å². The highest BCUT2D eigenvalue weighted by Crippen LogP contribution is 2.33. The molecule has 0 spiro atoms. The summed E-state index contributed by atoms with van der Waals surface area (Å²) < 4.78 is 45.8. The Morgan fingerprint density at radius 2 is 1.16 bits per heavy atom. The van der Waals surface area contributed by atoms with Gasteiger partial charge in [-0.15, -0.1) is 0 Å². The van der Waals surface area contributed by atoms with E-state index >= 15 is 0 Å². The van der Waals surface area contributed by atoms with Crippen LogP contribution in [0.4, 0.5) is 0 Å². The van der Waals surface area contributed by atoms with Gasteiger partial charge in [0.2, 0.25) is 5.91 Å². The monoisotopic (exact) mass is 1090 g/mol. The van der Waals surface area contributed by atoms with E-state index in [1.807, 2.05) is 94.4 Å². The average molecular weight is 1090 g/mol. The van der Waals surface area contributed by atoms with Crippen molar-refractivity contribution in [3.63, 3.8) is 0 Å². The molecule has 4 aromatic carbocycles. The molecule has 0 bridgehead atoms. The highest BCUT2D eigenvalue weighted by atomic mass is 79.9. The Labute approximate surface area is 446 Å². The van der Waals surface area contributed by atoms with Gasteiger partial charge in [0.05, 0.1) is 46.8 Å². The largest absolute Gasteiger partial charge is 0.496 e. The highest BCUT2D eigenvalue weighted by molar-refractivity contribution is 9.10. The van der Waals surface area contributed by atoms with Crippen molar-refractivity contribution in [3.8, 4) is 28.6 Å². The van der Waals surface area contributed by atoms with Crippen molar-refractivity contribution in [2.45, 2.75) is 89.6 Å². The standard InChI is InChI=1S/C28H30N4O3.C18H21NO4.C13H17BrO3/c1-35-26-8-7-24(32-13-3-2-4-27(32)33)18-21(26)9-14-30-15-11-23(12-16-30)31-17-10-20-5-6-22(28(29)34)19-25(20)31;1-18(2)22-12-15(23-18)11-13-10-14(7-8-16(13)21-3)19-9-5-4-6-17(19)20;1-13(2)16-8-11(17-13)7-9-6-10(14)4-5-12(9)15-3/h2-8,10,13,17-19,23H,9,11-12,14-16H2,1H3,(H2,29,34);4-10,15H,11-12H2,1-3H3;4-6,11H,7-8H2,1-3H3. The molecule has 10 rings (SSSR count). The van der Waals surface area contributed by atoms with E-state index in [0.717, 1.165) is 106 Å². The summed E-state index contributed by atoms with van der Waals surface area (Å²) in [4.78, 5) is 38.4. The zero-order valence-electron chi connectivity index (χ0n) is 43.8. The number of aromatic nitrogens is 3. The number of carbonyl (C=O) groups excluding carboxylic acids is 1. The predicted molar refractivity (Wildman–Crippen MR) is 294 cm³/mol. The Hall–Kier alpha value is -6.53. The third kappa shape index (κ3) is 14.0. The maximum Gasteiger partial charge on any atom is 0.255 e. The molecule has 75 heavy (non-hydrogen) atoms. The third-order valence-corrected chi connectivity index (χ3v) is 14.2. The first kappa shape index (κ1) is 54.7. The molecule has 3 aromatic heterocycles. The van der Waals surface area contributed by atoms with Gasteiger partial charge in [0, 0.05) is 96.2 Å². The van der Waals surface area contributed by atoms with Gasteiger partial charge in [-0.25, -0.2) is 0 Å². The summed E-state index contributed by atoms with van der Waals surface area (Å²) in [7, 11) is 5.01. The average Bonchev–Trinajstić information content (AvgIpc) is 4.10. The summed E-state index contributed by atoms with van der Waals surface area (Å²) in [6.07, 6.45) is 10.1. The van der Waals surface area contributed by atoms with Gasteiger partial charge in [-0.05, 0) is 154 Å². The smallest absolute Gasteiger partial charge is 0.255 e. The zero-order valence-corrected chi connectivity index (χ0v) is 45.4. The number of hydrogen-bond acceptors (Lipinski definition) is 11. The number of amides is 1. The number of benzene rings is 4. The second-order valence-corrected chi connectivity index (χ2v) is 20.7. The molecular weight excluding hydrogens is 1020 g/mol. The van der Waals surface area contributed by atoms with Gasteiger partial charge in [0.25, 0.3) is 11.1 Å². The summed E-state index contributed by atoms with van der Waals surface area (Å²) in [6.45, 7) is 11.8. The second kappa shape index (κ2) is 24.4. The van der Waals surface area contributed by atoms with Crippen LogP contribution in [-0.4, -0.2) is 102 Å². The minimum atomic E-state index is -0.550. The number of nitrogens with zero attached hydrogens (tertiary/aromatic N) is 4. The molecule has 7 aromatic rings. The van der Waals surface area contributed by atoms with E-state index in [1.54, 1.807) is 73.2 Å². The maximum atomic E-state index is 12.3. The molecule has 3 aliphatic rings. The SMILES string of the molecule is COc1ccc(-n2ccccc2=O)cc1CC1COC(C)(C)O1.COc1ccc(-n2ccccc2=O)cc1CCN1CCC(n2ccc3ccc(C(N)=O)cc32)CC1.COc1ccc(Br)cc1CC1COC(C)(C)O1. The Balaban J connectivity index is 0.000000161. The fourth-order valence-electron chi connectivity index (χ4n) is 9.91. The number of hydrogen-bond donors (Lipinski definition) is 1. The fraction of sp³-hybridized carbons (Fsp3) is 0.373. The number of likely N-dealkylation sites (tertiary alicyclic amines) is 1. The van der Waals surface area contributed by atoms with Crippen molar-refractivity contribution in [2.75, 3.05) is 54.2 Å². The number of rotatable bonds is 14. The van der Waals surface area contributed by atoms with Crippen LogP contribution in [0.15, 0.2) is 148 Å². The zero-order chi connectivity index (χ0) is 53.3. The molecule has 3 aliphatic heterocycles. The number of pyridine rings is 2. The highest BCUT2D eigenvalue weighted by Gasteiger charge is 2.34. The Morgan fingerprint density at radius 3 is 1.67 bits per heavy atom. The van der Waals surface area contributed by atoms with Gasteiger partial charge in [-0.1, -0.05) is 34.1 Å². The van der Waals surface area contributed by atoms with Crippen molar-refractivity contribution < 1.29 is 38.0 Å². The first-order valence-corrected chi connectivity index (χ1v) is 26.1. The number of halogens is 1. The Morgan fingerprint density at radius 1 is 0.640 bits per heavy atom. The molecule has 0 aliphatic carbocycles. The number of nitrogens with two attached hydrogens (primary N) is 1. The van der Waals surface area contributed by atoms with Crippen LogP contribution >= 0.6 is 15.9 Å². The molecule has 3 fully saturated rings. The summed E-state index contributed by atoms with van der Waals surface area (Å²) in [5.74, 6) is 1.10. The van der Waals surface area contributed by atoms with Crippen LogP contribution in [0.2, 0.25) is 0 Å². The van der Waals surface area contributed by atoms with E-state index in [4.69, 9.17) is 38.9 Å². The van der Waals surface area contributed by atoms with E-state index in [0.29, 0.717) is 31.2 Å². The van der Waals surface area contributed by atoms with Crippen LogP contribution in [-0.2, 0) is 38.2 Å². The molecule has 16 heteroatoms. The minimum Gasteiger partial charge on any atom is -0.496 e. The molecule has 0 saturated carbocycles. The van der Waals surface area contributed by atoms with Crippen LogP contribution in [0.3, 0.4) is 0 Å². The number of piperidine rings is 1. The molecule has 2 atom stereocenters. The molecule has 15 nitrogen and oxygen atoms in total. The maximum absolute atomic E-state index is 12.3. The van der Waals surface area contributed by atoms with Gasteiger partial charge in [-0.2, -0.15) is 0 Å². The summed E-state index contributed by atoms with van der Waals surface area (Å²) in [5.41, 5.74) is 11.9. The van der Waals surface area contributed by atoms with Crippen molar-refractivity contribution in [1.29, 1.82) is 0 Å². The van der Waals surface area contributed by atoms with Crippen LogP contribution in [0, 0.1) is 0 Å². The Bertz CT molecular complexity index is 3190. The van der Waals surface area contributed by atoms with Crippen molar-refractivity contribution >= 4 is 32.7 Å². The van der Waals surface area contributed by atoms with E-state index in [2.05, 4.69) is 49.8 Å². The lowest BCUT2D eigenvalue weighted by molar-refractivity contribution is -0.138. The third-order valence-electron chi connectivity index (χ3n) is 13.7. The molecule has 3 saturated heterocycles. The molecular formula is C59H68BrN5O10.